The maximum absolute atomic E-state index is 13.3. The third-order valence-electron chi connectivity index (χ3n) is 6.91. The van der Waals surface area contributed by atoms with Gasteiger partial charge in [0.25, 0.3) is 0 Å². The first kappa shape index (κ1) is 22.4. The first-order chi connectivity index (χ1) is 15.6. The quantitative estimate of drug-likeness (QED) is 0.543. The van der Waals surface area contributed by atoms with Crippen LogP contribution in [-0.4, -0.2) is 78.3 Å². The largest absolute Gasteiger partial charge is 0.446 e. The molecule has 0 spiro atoms. The number of nitrogens with zero attached hydrogens (tertiary/aromatic N) is 3. The van der Waals surface area contributed by atoms with E-state index in [1.807, 2.05) is 23.1 Å². The fourth-order valence-electron chi connectivity index (χ4n) is 5.08. The summed E-state index contributed by atoms with van der Waals surface area (Å²) in [6.07, 6.45) is 2.41. The van der Waals surface area contributed by atoms with E-state index in [0.29, 0.717) is 39.0 Å². The van der Waals surface area contributed by atoms with Crippen LogP contribution in [0.3, 0.4) is 0 Å². The highest BCUT2D eigenvalue weighted by atomic mass is 16.6. The van der Waals surface area contributed by atoms with Crippen molar-refractivity contribution in [3.8, 4) is 0 Å². The van der Waals surface area contributed by atoms with Gasteiger partial charge in [-0.15, -0.1) is 0 Å². The zero-order valence-electron chi connectivity index (χ0n) is 18.3. The van der Waals surface area contributed by atoms with E-state index in [0.717, 1.165) is 31.6 Å². The number of likely N-dealkylation sites (tertiary alicyclic amines) is 1. The van der Waals surface area contributed by atoms with Gasteiger partial charge in [0, 0.05) is 45.0 Å². The molecule has 2 N–H and O–H groups in total. The van der Waals surface area contributed by atoms with E-state index in [-0.39, 0.29) is 18.4 Å². The summed E-state index contributed by atoms with van der Waals surface area (Å²) < 4.78 is 5.63. The van der Waals surface area contributed by atoms with Crippen LogP contribution in [0.1, 0.15) is 32.1 Å². The molecule has 4 rings (SSSR count). The summed E-state index contributed by atoms with van der Waals surface area (Å²) in [5.74, 6) is -1.89. The van der Waals surface area contributed by atoms with Gasteiger partial charge in [0.1, 0.15) is 6.10 Å². The maximum atomic E-state index is 13.3. The van der Waals surface area contributed by atoms with Crippen LogP contribution < -0.4 is 10.4 Å². The Kier molecular flexibility index (Phi) is 7.14. The number of ether oxygens (including phenoxy) is 1. The van der Waals surface area contributed by atoms with Crippen molar-refractivity contribution >= 4 is 23.6 Å². The normalized spacial score (nSPS) is 26.0. The van der Waals surface area contributed by atoms with E-state index < -0.39 is 23.8 Å². The Morgan fingerprint density at radius 2 is 1.56 bits per heavy atom. The third kappa shape index (κ3) is 4.98. The van der Waals surface area contributed by atoms with Gasteiger partial charge < -0.3 is 19.4 Å². The molecule has 32 heavy (non-hydrogen) atoms. The van der Waals surface area contributed by atoms with Gasteiger partial charge in [-0.05, 0) is 44.2 Å². The van der Waals surface area contributed by atoms with Gasteiger partial charge in [-0.3, -0.25) is 14.8 Å². The van der Waals surface area contributed by atoms with E-state index in [9.17, 15) is 19.6 Å². The fraction of sp³-hybridized carbons (Fsp3) is 0.609. The second-order valence-electron chi connectivity index (χ2n) is 8.85. The highest BCUT2D eigenvalue weighted by molar-refractivity contribution is 5.87. The first-order valence-electron chi connectivity index (χ1n) is 11.5. The molecular formula is C23H32N4O5. The summed E-state index contributed by atoms with van der Waals surface area (Å²) in [7, 11) is 0. The number of piperazine rings is 1. The average Bonchev–Trinajstić information content (AvgIpc) is 3.39. The number of nitrogens with one attached hydrogen (secondary N) is 1. The minimum Gasteiger partial charge on any atom is -0.446 e. The summed E-state index contributed by atoms with van der Waals surface area (Å²) in [6, 6.07) is 10.1. The topological polar surface area (TPSA) is 102 Å². The molecule has 3 atom stereocenters. The molecule has 3 fully saturated rings. The van der Waals surface area contributed by atoms with Crippen molar-refractivity contribution in [2.24, 2.45) is 11.8 Å². The van der Waals surface area contributed by atoms with Crippen molar-refractivity contribution in [2.45, 2.75) is 38.2 Å². The Morgan fingerprint density at radius 3 is 2.22 bits per heavy atom. The molecule has 2 heterocycles. The van der Waals surface area contributed by atoms with Crippen LogP contribution in [0.15, 0.2) is 30.3 Å². The minimum atomic E-state index is -0.718. The summed E-state index contributed by atoms with van der Waals surface area (Å²) in [5, 5.41) is 9.25. The molecule has 174 valence electrons. The predicted molar refractivity (Wildman–Crippen MR) is 117 cm³/mol. The lowest BCUT2D eigenvalue weighted by Gasteiger charge is -2.40. The Morgan fingerprint density at radius 1 is 0.875 bits per heavy atom. The van der Waals surface area contributed by atoms with E-state index in [1.54, 1.807) is 10.4 Å². The van der Waals surface area contributed by atoms with E-state index in [4.69, 9.17) is 4.74 Å². The highest BCUT2D eigenvalue weighted by Crippen LogP contribution is 2.34. The number of anilines is 1. The van der Waals surface area contributed by atoms with Gasteiger partial charge in [-0.1, -0.05) is 18.2 Å². The first-order valence-corrected chi connectivity index (χ1v) is 11.5. The standard InChI is InChI=1S/C23H32N4O5/c28-21(24-31)20-16-18(32-23(30)27-10-4-5-11-27)8-9-19(20)22(29)26-14-12-25(13-15-26)17-6-2-1-3-7-17/h1-3,6-7,18-20,31H,4-5,8-16H2,(H,24,28). The Bertz CT molecular complexity index is 806. The van der Waals surface area contributed by atoms with Gasteiger partial charge >= 0.3 is 6.09 Å². The number of rotatable bonds is 4. The Balaban J connectivity index is 1.35. The van der Waals surface area contributed by atoms with Gasteiger partial charge in [0.05, 0.1) is 11.8 Å². The zero-order valence-corrected chi connectivity index (χ0v) is 18.3. The lowest BCUT2D eigenvalue weighted by molar-refractivity contribution is -0.149. The Labute approximate surface area is 188 Å². The van der Waals surface area contributed by atoms with Crippen LogP contribution in [0.5, 0.6) is 0 Å². The Hall–Kier alpha value is -2.81. The van der Waals surface area contributed by atoms with Crippen molar-refractivity contribution in [1.29, 1.82) is 0 Å². The molecule has 0 aromatic heterocycles. The summed E-state index contributed by atoms with van der Waals surface area (Å²) in [4.78, 5) is 43.8. The molecule has 2 aliphatic heterocycles. The highest BCUT2D eigenvalue weighted by Gasteiger charge is 2.43. The average molecular weight is 445 g/mol. The molecule has 9 nitrogen and oxygen atoms in total. The van der Waals surface area contributed by atoms with Crippen molar-refractivity contribution in [3.63, 3.8) is 0 Å². The lowest BCUT2D eigenvalue weighted by Crippen LogP contribution is -2.53. The molecule has 1 saturated carbocycles. The second-order valence-corrected chi connectivity index (χ2v) is 8.85. The maximum Gasteiger partial charge on any atom is 0.410 e. The second kappa shape index (κ2) is 10.2. The van der Waals surface area contributed by atoms with E-state index >= 15 is 0 Å². The number of hydroxylamine groups is 1. The monoisotopic (exact) mass is 444 g/mol. The molecule has 0 radical (unpaired) electrons. The van der Waals surface area contributed by atoms with Gasteiger partial charge in [0.15, 0.2) is 0 Å². The van der Waals surface area contributed by atoms with Crippen LogP contribution in [0.25, 0.3) is 0 Å². The molecule has 3 amide bonds. The number of carbonyl (C=O) groups excluding carboxylic acids is 3. The van der Waals surface area contributed by atoms with E-state index in [1.165, 1.54) is 0 Å². The number of carbonyl (C=O) groups is 3. The summed E-state index contributed by atoms with van der Waals surface area (Å²) in [5.41, 5.74) is 2.85. The van der Waals surface area contributed by atoms with Crippen molar-refractivity contribution in [3.05, 3.63) is 30.3 Å². The summed E-state index contributed by atoms with van der Waals surface area (Å²) in [6.45, 7) is 4.03. The minimum absolute atomic E-state index is 0.0596. The van der Waals surface area contributed by atoms with Gasteiger partial charge in [0.2, 0.25) is 11.8 Å². The van der Waals surface area contributed by atoms with E-state index in [2.05, 4.69) is 17.0 Å². The molecule has 2 saturated heterocycles. The molecule has 1 aliphatic carbocycles. The molecular weight excluding hydrogens is 412 g/mol. The van der Waals surface area contributed by atoms with Crippen molar-refractivity contribution in [2.75, 3.05) is 44.2 Å². The fourth-order valence-corrected chi connectivity index (χ4v) is 5.08. The number of amides is 3. The smallest absolute Gasteiger partial charge is 0.410 e. The number of hydrogen-bond donors (Lipinski definition) is 2. The lowest BCUT2D eigenvalue weighted by atomic mass is 9.76. The molecule has 3 aliphatic rings. The van der Waals surface area contributed by atoms with Crippen LogP contribution in [0, 0.1) is 11.8 Å². The molecule has 9 heteroatoms. The van der Waals surface area contributed by atoms with Gasteiger partial charge in [-0.25, -0.2) is 10.3 Å². The molecule has 3 unspecified atom stereocenters. The van der Waals surface area contributed by atoms with Crippen molar-refractivity contribution < 1.29 is 24.3 Å². The molecule has 1 aromatic carbocycles. The SMILES string of the molecule is O=C(NO)C1CC(OC(=O)N2CCCC2)CCC1C(=O)N1CCN(c2ccccc2)CC1. The van der Waals surface area contributed by atoms with Crippen molar-refractivity contribution in [1.82, 2.24) is 15.3 Å². The number of benzene rings is 1. The molecule has 1 aromatic rings. The van der Waals surface area contributed by atoms with Crippen LogP contribution >= 0.6 is 0 Å². The van der Waals surface area contributed by atoms with Crippen LogP contribution in [0.2, 0.25) is 0 Å². The van der Waals surface area contributed by atoms with Gasteiger partial charge in [-0.2, -0.15) is 0 Å². The van der Waals surface area contributed by atoms with Crippen LogP contribution in [-0.2, 0) is 14.3 Å². The number of para-hydroxylation sites is 1. The summed E-state index contributed by atoms with van der Waals surface area (Å²) >= 11 is 0. The van der Waals surface area contributed by atoms with Crippen LogP contribution in [0.4, 0.5) is 10.5 Å². The number of hydrogen-bond acceptors (Lipinski definition) is 6. The zero-order chi connectivity index (χ0) is 22.5. The molecule has 0 bridgehead atoms. The third-order valence-corrected chi connectivity index (χ3v) is 6.91. The predicted octanol–water partition coefficient (Wildman–Crippen LogP) is 1.86.